The maximum absolute atomic E-state index is 2.74. The zero-order valence-corrected chi connectivity index (χ0v) is 13.2. The normalized spacial score (nSPS) is 28.1. The van der Waals surface area contributed by atoms with Crippen LogP contribution in [0.4, 0.5) is 5.69 Å². The first-order chi connectivity index (χ1) is 9.63. The van der Waals surface area contributed by atoms with E-state index in [0.717, 1.165) is 12.0 Å². The topological polar surface area (TPSA) is 6.48 Å². The highest BCUT2D eigenvalue weighted by Crippen LogP contribution is 2.30. The molecule has 0 aromatic heterocycles. The first kappa shape index (κ1) is 13.9. The fourth-order valence-corrected chi connectivity index (χ4v) is 3.90. The summed E-state index contributed by atoms with van der Waals surface area (Å²) in [5.41, 5.74) is 4.24. The molecule has 1 aromatic carbocycles. The molecule has 2 aliphatic rings. The largest absolute Gasteiger partial charge is 0.369 e. The monoisotopic (exact) mass is 272 g/mol. The Hall–Kier alpha value is -1.02. The number of piperazine rings is 1. The fourth-order valence-electron chi connectivity index (χ4n) is 3.90. The van der Waals surface area contributed by atoms with Crippen molar-refractivity contribution in [2.75, 3.05) is 31.1 Å². The Labute approximate surface area is 123 Å². The van der Waals surface area contributed by atoms with E-state index >= 15 is 0 Å². The SMILES string of the molecule is Cc1ccc(C)c(N2CCN([C@H]3CC[C@H](C)C3)CC2)c1. The molecule has 1 aliphatic carbocycles. The lowest BCUT2D eigenvalue weighted by Gasteiger charge is -2.39. The van der Waals surface area contributed by atoms with Gasteiger partial charge in [0.25, 0.3) is 0 Å². The molecule has 2 nitrogen and oxygen atoms in total. The van der Waals surface area contributed by atoms with E-state index in [9.17, 15) is 0 Å². The van der Waals surface area contributed by atoms with E-state index in [2.05, 4.69) is 48.8 Å². The minimum Gasteiger partial charge on any atom is -0.369 e. The van der Waals surface area contributed by atoms with Gasteiger partial charge in [0, 0.05) is 37.9 Å². The van der Waals surface area contributed by atoms with E-state index in [4.69, 9.17) is 0 Å². The number of hydrogen-bond acceptors (Lipinski definition) is 2. The number of nitrogens with zero attached hydrogens (tertiary/aromatic N) is 2. The second kappa shape index (κ2) is 5.77. The van der Waals surface area contributed by atoms with Crippen LogP contribution in [0.25, 0.3) is 0 Å². The van der Waals surface area contributed by atoms with Gasteiger partial charge in [-0.1, -0.05) is 19.1 Å². The van der Waals surface area contributed by atoms with Crippen LogP contribution in [0.15, 0.2) is 18.2 Å². The molecule has 0 radical (unpaired) electrons. The van der Waals surface area contributed by atoms with Crippen molar-refractivity contribution in [2.24, 2.45) is 5.92 Å². The van der Waals surface area contributed by atoms with Crippen molar-refractivity contribution in [3.8, 4) is 0 Å². The van der Waals surface area contributed by atoms with Crippen molar-refractivity contribution >= 4 is 5.69 Å². The third-order valence-electron chi connectivity index (χ3n) is 5.20. The van der Waals surface area contributed by atoms with Gasteiger partial charge in [-0.3, -0.25) is 4.90 Å². The summed E-state index contributed by atoms with van der Waals surface area (Å²) < 4.78 is 0. The second-order valence-electron chi connectivity index (χ2n) is 6.89. The molecule has 1 aromatic rings. The van der Waals surface area contributed by atoms with Crippen LogP contribution in [0, 0.1) is 19.8 Å². The van der Waals surface area contributed by atoms with Crippen molar-refractivity contribution in [2.45, 2.75) is 46.1 Å². The molecule has 0 N–H and O–H groups in total. The van der Waals surface area contributed by atoms with Gasteiger partial charge in [-0.2, -0.15) is 0 Å². The minimum absolute atomic E-state index is 0.866. The Morgan fingerprint density at radius 1 is 1.00 bits per heavy atom. The van der Waals surface area contributed by atoms with E-state index in [0.29, 0.717) is 0 Å². The van der Waals surface area contributed by atoms with Crippen molar-refractivity contribution in [1.82, 2.24) is 4.90 Å². The van der Waals surface area contributed by atoms with Gasteiger partial charge < -0.3 is 4.90 Å². The van der Waals surface area contributed by atoms with Gasteiger partial charge in [-0.05, 0) is 56.2 Å². The average Bonchev–Trinajstić information content (AvgIpc) is 2.88. The average molecular weight is 272 g/mol. The smallest absolute Gasteiger partial charge is 0.0399 e. The van der Waals surface area contributed by atoms with Gasteiger partial charge in [0.15, 0.2) is 0 Å². The van der Waals surface area contributed by atoms with Crippen molar-refractivity contribution < 1.29 is 0 Å². The van der Waals surface area contributed by atoms with Crippen LogP contribution in [0.5, 0.6) is 0 Å². The Morgan fingerprint density at radius 2 is 1.75 bits per heavy atom. The summed E-state index contributed by atoms with van der Waals surface area (Å²) in [7, 11) is 0. The highest BCUT2D eigenvalue weighted by molar-refractivity contribution is 5.55. The lowest BCUT2D eigenvalue weighted by molar-refractivity contribution is 0.184. The Balaban J connectivity index is 1.62. The van der Waals surface area contributed by atoms with E-state index in [1.165, 1.54) is 62.3 Å². The van der Waals surface area contributed by atoms with Gasteiger partial charge in [0.05, 0.1) is 0 Å². The molecule has 110 valence electrons. The van der Waals surface area contributed by atoms with Gasteiger partial charge >= 0.3 is 0 Å². The van der Waals surface area contributed by atoms with E-state index < -0.39 is 0 Å². The molecule has 20 heavy (non-hydrogen) atoms. The first-order valence-corrected chi connectivity index (χ1v) is 8.20. The molecule has 0 unspecified atom stereocenters. The Morgan fingerprint density at radius 3 is 2.40 bits per heavy atom. The number of rotatable bonds is 2. The Kier molecular flexibility index (Phi) is 4.02. The molecular weight excluding hydrogens is 244 g/mol. The maximum atomic E-state index is 2.74. The molecule has 0 amide bonds. The maximum Gasteiger partial charge on any atom is 0.0399 e. The van der Waals surface area contributed by atoms with Crippen molar-refractivity contribution in [1.29, 1.82) is 0 Å². The summed E-state index contributed by atoms with van der Waals surface area (Å²) >= 11 is 0. The summed E-state index contributed by atoms with van der Waals surface area (Å²) in [5, 5.41) is 0. The molecule has 3 rings (SSSR count). The van der Waals surface area contributed by atoms with Gasteiger partial charge in [0.1, 0.15) is 0 Å². The predicted molar refractivity (Wildman–Crippen MR) is 86.5 cm³/mol. The van der Waals surface area contributed by atoms with Crippen LogP contribution in [0.3, 0.4) is 0 Å². The highest BCUT2D eigenvalue weighted by atomic mass is 15.3. The third kappa shape index (κ3) is 2.85. The first-order valence-electron chi connectivity index (χ1n) is 8.20. The molecule has 2 atom stereocenters. The molecule has 2 heteroatoms. The number of aryl methyl sites for hydroxylation is 2. The summed E-state index contributed by atoms with van der Waals surface area (Å²) in [6, 6.07) is 7.69. The summed E-state index contributed by atoms with van der Waals surface area (Å²) in [5.74, 6) is 0.942. The molecule has 1 saturated heterocycles. The number of hydrogen-bond donors (Lipinski definition) is 0. The highest BCUT2D eigenvalue weighted by Gasteiger charge is 2.29. The van der Waals surface area contributed by atoms with Crippen LogP contribution >= 0.6 is 0 Å². The van der Waals surface area contributed by atoms with E-state index in [-0.39, 0.29) is 0 Å². The zero-order chi connectivity index (χ0) is 14.1. The molecule has 1 heterocycles. The van der Waals surface area contributed by atoms with Gasteiger partial charge in [-0.25, -0.2) is 0 Å². The number of anilines is 1. The molecule has 1 saturated carbocycles. The quantitative estimate of drug-likeness (QED) is 0.811. The summed E-state index contributed by atoms with van der Waals surface area (Å²) in [4.78, 5) is 5.32. The standard InChI is InChI=1S/C18H28N2/c1-14-5-7-17(12-14)19-8-10-20(11-9-19)18-13-15(2)4-6-16(18)3/h4,6,13-14,17H,5,7-12H2,1-3H3/t14-,17-/m0/s1. The molecule has 1 aliphatic heterocycles. The van der Waals surface area contributed by atoms with Gasteiger partial charge in [-0.15, -0.1) is 0 Å². The molecular formula is C18H28N2. The van der Waals surface area contributed by atoms with Crippen LogP contribution in [0.2, 0.25) is 0 Å². The zero-order valence-electron chi connectivity index (χ0n) is 13.2. The van der Waals surface area contributed by atoms with E-state index in [1.807, 2.05) is 0 Å². The van der Waals surface area contributed by atoms with Crippen molar-refractivity contribution in [3.63, 3.8) is 0 Å². The molecule has 0 spiro atoms. The number of benzene rings is 1. The summed E-state index contributed by atoms with van der Waals surface area (Å²) in [6.45, 7) is 11.7. The molecule has 0 bridgehead atoms. The predicted octanol–water partition coefficient (Wildman–Crippen LogP) is 3.61. The van der Waals surface area contributed by atoms with Crippen LogP contribution < -0.4 is 4.90 Å². The molecule has 2 fully saturated rings. The summed E-state index contributed by atoms with van der Waals surface area (Å²) in [6.07, 6.45) is 4.27. The minimum atomic E-state index is 0.866. The van der Waals surface area contributed by atoms with Crippen LogP contribution in [-0.2, 0) is 0 Å². The third-order valence-corrected chi connectivity index (χ3v) is 5.20. The van der Waals surface area contributed by atoms with E-state index in [1.54, 1.807) is 0 Å². The lowest BCUT2D eigenvalue weighted by Crippen LogP contribution is -2.50. The second-order valence-corrected chi connectivity index (χ2v) is 6.89. The lowest BCUT2D eigenvalue weighted by atomic mass is 10.1. The fraction of sp³-hybridized carbons (Fsp3) is 0.667. The Bertz CT molecular complexity index is 460. The van der Waals surface area contributed by atoms with Crippen LogP contribution in [0.1, 0.15) is 37.3 Å². The van der Waals surface area contributed by atoms with Gasteiger partial charge in [0.2, 0.25) is 0 Å². The van der Waals surface area contributed by atoms with Crippen molar-refractivity contribution in [3.05, 3.63) is 29.3 Å². The van der Waals surface area contributed by atoms with Crippen LogP contribution in [-0.4, -0.2) is 37.1 Å².